The van der Waals surface area contributed by atoms with Gasteiger partial charge in [-0.15, -0.1) is 0 Å². The molecule has 1 unspecified atom stereocenters. The minimum absolute atomic E-state index is 0.0358. The normalized spacial score (nSPS) is 13.8. The van der Waals surface area contributed by atoms with Crippen LogP contribution in [0, 0.1) is 0 Å². The summed E-state index contributed by atoms with van der Waals surface area (Å²) < 4.78 is 5.59. The summed E-state index contributed by atoms with van der Waals surface area (Å²) in [6.45, 7) is 8.11. The van der Waals surface area contributed by atoms with E-state index in [1.165, 1.54) is 0 Å². The Bertz CT molecular complexity index is 455. The Balaban J connectivity index is 2.47. The second-order valence-electron chi connectivity index (χ2n) is 6.00. The molecule has 0 saturated heterocycles. The molecule has 1 amide bonds. The molecule has 2 N–H and O–H groups in total. The number of para-hydroxylation sites is 1. The number of hydrogen-bond donors (Lipinski definition) is 2. The third kappa shape index (κ3) is 6.17. The fourth-order valence-corrected chi connectivity index (χ4v) is 2.20. The van der Waals surface area contributed by atoms with Gasteiger partial charge in [-0.3, -0.25) is 4.79 Å². The Morgan fingerprint density at radius 3 is 2.67 bits per heavy atom. The number of aliphatic hydroxyl groups is 1. The smallest absolute Gasteiger partial charge is 0.258 e. The molecule has 0 fully saturated rings. The minimum Gasteiger partial charge on any atom is -0.483 e. The van der Waals surface area contributed by atoms with E-state index in [4.69, 9.17) is 4.74 Å². The molecule has 0 spiro atoms. The van der Waals surface area contributed by atoms with Gasteiger partial charge in [0, 0.05) is 6.54 Å². The van der Waals surface area contributed by atoms with Crippen LogP contribution in [0.3, 0.4) is 0 Å². The Labute approximate surface area is 127 Å². The van der Waals surface area contributed by atoms with E-state index in [2.05, 4.69) is 19.2 Å². The number of rotatable bonds is 8. The molecule has 0 bridgehead atoms. The van der Waals surface area contributed by atoms with Gasteiger partial charge in [0.1, 0.15) is 5.75 Å². The molecular formula is C17H27NO3. The molecule has 21 heavy (non-hydrogen) atoms. The fraction of sp³-hybridized carbons (Fsp3) is 0.588. The molecule has 0 heterocycles. The minimum atomic E-state index is -0.861. The predicted molar refractivity (Wildman–Crippen MR) is 84.6 cm³/mol. The molecule has 1 rings (SSSR count). The van der Waals surface area contributed by atoms with E-state index in [0.29, 0.717) is 12.3 Å². The highest BCUT2D eigenvalue weighted by Crippen LogP contribution is 2.25. The third-order valence-corrected chi connectivity index (χ3v) is 3.35. The van der Waals surface area contributed by atoms with Crippen molar-refractivity contribution in [3.05, 3.63) is 29.8 Å². The summed E-state index contributed by atoms with van der Waals surface area (Å²) in [4.78, 5) is 11.8. The first-order chi connectivity index (χ1) is 9.85. The predicted octanol–water partition coefficient (Wildman–Crippen LogP) is 2.86. The average molecular weight is 293 g/mol. The molecule has 0 aliphatic rings. The lowest BCUT2D eigenvalue weighted by molar-refractivity contribution is -0.124. The van der Waals surface area contributed by atoms with Crippen LogP contribution in [-0.4, -0.2) is 29.8 Å². The van der Waals surface area contributed by atoms with Crippen LogP contribution in [0.25, 0.3) is 0 Å². The van der Waals surface area contributed by atoms with Crippen molar-refractivity contribution in [2.24, 2.45) is 0 Å². The molecule has 1 aromatic carbocycles. The summed E-state index contributed by atoms with van der Waals surface area (Å²) in [6, 6.07) is 7.73. The number of amides is 1. The van der Waals surface area contributed by atoms with Gasteiger partial charge in [0.2, 0.25) is 0 Å². The van der Waals surface area contributed by atoms with Crippen molar-refractivity contribution in [2.75, 3.05) is 13.2 Å². The first-order valence-electron chi connectivity index (χ1n) is 7.56. The average Bonchev–Trinajstić information content (AvgIpc) is 2.43. The van der Waals surface area contributed by atoms with Gasteiger partial charge in [-0.2, -0.15) is 0 Å². The number of ether oxygens (including phenoxy) is 1. The Hall–Kier alpha value is -1.55. The molecular weight excluding hydrogens is 266 g/mol. The van der Waals surface area contributed by atoms with E-state index in [1.807, 2.05) is 31.2 Å². The van der Waals surface area contributed by atoms with E-state index in [0.717, 1.165) is 17.7 Å². The maximum atomic E-state index is 11.8. The van der Waals surface area contributed by atoms with Crippen molar-refractivity contribution in [2.45, 2.75) is 52.1 Å². The number of nitrogens with one attached hydrogen (secondary N) is 1. The summed E-state index contributed by atoms with van der Waals surface area (Å²) in [6.07, 6.45) is 1.53. The zero-order valence-corrected chi connectivity index (χ0v) is 13.5. The van der Waals surface area contributed by atoms with Gasteiger partial charge >= 0.3 is 0 Å². The van der Waals surface area contributed by atoms with Crippen LogP contribution in [0.2, 0.25) is 0 Å². The molecule has 1 atom stereocenters. The Morgan fingerprint density at radius 2 is 2.05 bits per heavy atom. The van der Waals surface area contributed by atoms with Gasteiger partial charge < -0.3 is 15.2 Å². The van der Waals surface area contributed by atoms with E-state index in [9.17, 15) is 9.90 Å². The van der Waals surface area contributed by atoms with E-state index in [-0.39, 0.29) is 19.1 Å². The number of carbonyl (C=O) groups is 1. The first-order valence-corrected chi connectivity index (χ1v) is 7.56. The van der Waals surface area contributed by atoms with E-state index in [1.54, 1.807) is 6.92 Å². The standard InChI is InChI=1S/C17H27NO3/c1-5-10-17(4,20)12-18-16(19)11-21-15-9-7-6-8-14(15)13(2)3/h6-9,13,20H,5,10-12H2,1-4H3,(H,18,19). The second kappa shape index (κ2) is 8.03. The van der Waals surface area contributed by atoms with Gasteiger partial charge in [-0.1, -0.05) is 45.4 Å². The lowest BCUT2D eigenvalue weighted by atomic mass is 10.0. The highest BCUT2D eigenvalue weighted by Gasteiger charge is 2.20. The molecule has 4 nitrogen and oxygen atoms in total. The number of benzene rings is 1. The van der Waals surface area contributed by atoms with Crippen LogP contribution >= 0.6 is 0 Å². The molecule has 0 aromatic heterocycles. The highest BCUT2D eigenvalue weighted by molar-refractivity contribution is 5.77. The van der Waals surface area contributed by atoms with Crippen molar-refractivity contribution in [3.8, 4) is 5.75 Å². The van der Waals surface area contributed by atoms with Gasteiger partial charge in [-0.05, 0) is 30.9 Å². The van der Waals surface area contributed by atoms with Crippen LogP contribution in [-0.2, 0) is 4.79 Å². The monoisotopic (exact) mass is 293 g/mol. The molecule has 0 aliphatic carbocycles. The lowest BCUT2D eigenvalue weighted by Crippen LogP contribution is -2.42. The molecule has 4 heteroatoms. The zero-order chi connectivity index (χ0) is 15.9. The quantitative estimate of drug-likeness (QED) is 0.775. The van der Waals surface area contributed by atoms with Crippen molar-refractivity contribution in [1.82, 2.24) is 5.32 Å². The maximum Gasteiger partial charge on any atom is 0.258 e. The maximum absolute atomic E-state index is 11.8. The lowest BCUT2D eigenvalue weighted by Gasteiger charge is -2.23. The first kappa shape index (κ1) is 17.5. The summed E-state index contributed by atoms with van der Waals surface area (Å²) >= 11 is 0. The fourth-order valence-electron chi connectivity index (χ4n) is 2.20. The second-order valence-corrected chi connectivity index (χ2v) is 6.00. The Morgan fingerprint density at radius 1 is 1.38 bits per heavy atom. The van der Waals surface area contributed by atoms with Crippen LogP contribution < -0.4 is 10.1 Å². The van der Waals surface area contributed by atoms with Gasteiger partial charge in [0.05, 0.1) is 5.60 Å². The molecule has 0 radical (unpaired) electrons. The topological polar surface area (TPSA) is 58.6 Å². The van der Waals surface area contributed by atoms with Gasteiger partial charge in [0.25, 0.3) is 5.91 Å². The molecule has 1 aromatic rings. The highest BCUT2D eigenvalue weighted by atomic mass is 16.5. The van der Waals surface area contributed by atoms with Crippen molar-refractivity contribution in [3.63, 3.8) is 0 Å². The number of hydrogen-bond acceptors (Lipinski definition) is 3. The van der Waals surface area contributed by atoms with Gasteiger partial charge in [0.15, 0.2) is 6.61 Å². The zero-order valence-electron chi connectivity index (χ0n) is 13.5. The van der Waals surface area contributed by atoms with E-state index < -0.39 is 5.60 Å². The van der Waals surface area contributed by atoms with Crippen LogP contribution in [0.15, 0.2) is 24.3 Å². The van der Waals surface area contributed by atoms with E-state index >= 15 is 0 Å². The van der Waals surface area contributed by atoms with Crippen LogP contribution in [0.1, 0.15) is 52.0 Å². The summed E-state index contributed by atoms with van der Waals surface area (Å²) in [5.41, 5.74) is 0.226. The Kier molecular flexibility index (Phi) is 6.69. The SMILES string of the molecule is CCCC(C)(O)CNC(=O)COc1ccccc1C(C)C. The number of carbonyl (C=O) groups excluding carboxylic acids is 1. The molecule has 0 saturated carbocycles. The van der Waals surface area contributed by atoms with Gasteiger partial charge in [-0.25, -0.2) is 0 Å². The van der Waals surface area contributed by atoms with Crippen LogP contribution in [0.5, 0.6) is 5.75 Å². The third-order valence-electron chi connectivity index (χ3n) is 3.35. The molecule has 0 aliphatic heterocycles. The summed E-state index contributed by atoms with van der Waals surface area (Å²) in [5.74, 6) is 0.863. The molecule has 118 valence electrons. The largest absolute Gasteiger partial charge is 0.483 e. The summed E-state index contributed by atoms with van der Waals surface area (Å²) in [7, 11) is 0. The van der Waals surface area contributed by atoms with Crippen molar-refractivity contribution >= 4 is 5.91 Å². The van der Waals surface area contributed by atoms with Crippen molar-refractivity contribution < 1.29 is 14.6 Å². The summed E-state index contributed by atoms with van der Waals surface area (Å²) in [5, 5.41) is 12.7. The van der Waals surface area contributed by atoms with Crippen LogP contribution in [0.4, 0.5) is 0 Å². The van der Waals surface area contributed by atoms with Crippen molar-refractivity contribution in [1.29, 1.82) is 0 Å².